The molecular weight excluding hydrogens is 222 g/mol. The number of hydrogen-bond donors (Lipinski definition) is 0. The number of hydrogen-bond acceptors (Lipinski definition) is 1. The lowest BCUT2D eigenvalue weighted by molar-refractivity contribution is -0.128. The molecule has 1 aliphatic heterocycles. The second kappa shape index (κ2) is 4.56. The van der Waals surface area contributed by atoms with Crippen molar-refractivity contribution in [3.63, 3.8) is 0 Å². The third kappa shape index (κ3) is 2.00. The number of quaternary nitrogens is 1. The Labute approximate surface area is 101 Å². The van der Waals surface area contributed by atoms with Gasteiger partial charge in [-0.25, -0.2) is 9.28 Å². The summed E-state index contributed by atoms with van der Waals surface area (Å²) in [5.74, 6) is 0.191. The minimum atomic E-state index is 0.109. The van der Waals surface area contributed by atoms with Gasteiger partial charge in [0.2, 0.25) is 0 Å². The van der Waals surface area contributed by atoms with Crippen LogP contribution in [0.4, 0.5) is 5.69 Å². The highest BCUT2D eigenvalue weighted by Crippen LogP contribution is 2.30. The summed E-state index contributed by atoms with van der Waals surface area (Å²) in [4.78, 5) is 12.0. The van der Waals surface area contributed by atoms with Crippen molar-refractivity contribution in [2.24, 2.45) is 0 Å². The second-order valence-electron chi connectivity index (χ2n) is 4.47. The molecule has 1 heterocycles. The summed E-state index contributed by atoms with van der Waals surface area (Å²) in [6, 6.07) is 9.99. The Morgan fingerprint density at radius 1 is 1.38 bits per heavy atom. The van der Waals surface area contributed by atoms with Gasteiger partial charge in [0, 0.05) is 0 Å². The molecule has 0 bridgehead atoms. The minimum Gasteiger partial charge on any atom is -0.231 e. The van der Waals surface area contributed by atoms with Crippen LogP contribution in [-0.2, 0) is 4.79 Å². The average molecular weight is 239 g/mol. The summed E-state index contributed by atoms with van der Waals surface area (Å²) >= 11 is 6.23. The summed E-state index contributed by atoms with van der Waals surface area (Å²) in [7, 11) is 0. The second-order valence-corrected chi connectivity index (χ2v) is 5.09. The summed E-state index contributed by atoms with van der Waals surface area (Å²) in [6.07, 6.45) is 2.03. The number of alkyl halides is 1. The number of nitrogens with zero attached hydrogens (tertiary/aromatic N) is 1. The van der Waals surface area contributed by atoms with Crippen LogP contribution in [0.15, 0.2) is 30.3 Å². The molecule has 1 aliphatic rings. The van der Waals surface area contributed by atoms with Crippen molar-refractivity contribution in [3.05, 3.63) is 30.3 Å². The Morgan fingerprint density at radius 2 is 2.06 bits per heavy atom. The Hall–Kier alpha value is -0.860. The topological polar surface area (TPSA) is 17.1 Å². The van der Waals surface area contributed by atoms with Crippen LogP contribution in [0.2, 0.25) is 0 Å². The predicted octanol–water partition coefficient (Wildman–Crippen LogP) is 2.94. The monoisotopic (exact) mass is 238 g/mol. The van der Waals surface area contributed by atoms with E-state index in [-0.39, 0.29) is 11.3 Å². The SMILES string of the molecule is CC(=O)[N+]1(c2ccccc2)CCCC(Cl)C1. The van der Waals surface area contributed by atoms with Crippen LogP contribution in [0.1, 0.15) is 19.8 Å². The first kappa shape index (κ1) is 11.6. The molecule has 0 radical (unpaired) electrons. The molecule has 1 aromatic rings. The smallest absolute Gasteiger partial charge is 0.231 e. The van der Waals surface area contributed by atoms with E-state index in [4.69, 9.17) is 11.6 Å². The van der Waals surface area contributed by atoms with Crippen LogP contribution in [0.5, 0.6) is 0 Å². The van der Waals surface area contributed by atoms with Crippen molar-refractivity contribution >= 4 is 23.2 Å². The lowest BCUT2D eigenvalue weighted by Crippen LogP contribution is -2.59. The Balaban J connectivity index is 2.39. The zero-order valence-corrected chi connectivity index (χ0v) is 10.3. The van der Waals surface area contributed by atoms with Gasteiger partial charge in [-0.2, -0.15) is 0 Å². The van der Waals surface area contributed by atoms with E-state index in [2.05, 4.69) is 0 Å². The molecule has 3 heteroatoms. The van der Waals surface area contributed by atoms with Gasteiger partial charge in [-0.1, -0.05) is 18.2 Å². The fraction of sp³-hybridized carbons (Fsp3) is 0.462. The van der Waals surface area contributed by atoms with Crippen LogP contribution in [0.25, 0.3) is 0 Å². The first-order valence-electron chi connectivity index (χ1n) is 5.73. The number of carbonyl (C=O) groups excluding carboxylic acids is 1. The van der Waals surface area contributed by atoms with Gasteiger partial charge in [0.25, 0.3) is 0 Å². The fourth-order valence-electron chi connectivity index (χ4n) is 2.52. The van der Waals surface area contributed by atoms with E-state index in [1.807, 2.05) is 30.3 Å². The lowest BCUT2D eigenvalue weighted by Gasteiger charge is -2.39. The first-order chi connectivity index (χ1) is 7.65. The fourth-order valence-corrected chi connectivity index (χ4v) is 2.91. The van der Waals surface area contributed by atoms with Crippen molar-refractivity contribution in [2.75, 3.05) is 13.1 Å². The number of halogens is 1. The molecule has 1 fully saturated rings. The van der Waals surface area contributed by atoms with Crippen molar-refractivity contribution in [1.29, 1.82) is 0 Å². The highest BCUT2D eigenvalue weighted by atomic mass is 35.5. The van der Waals surface area contributed by atoms with Crippen molar-refractivity contribution in [2.45, 2.75) is 25.1 Å². The molecule has 2 nitrogen and oxygen atoms in total. The van der Waals surface area contributed by atoms with Crippen LogP contribution < -0.4 is 4.48 Å². The van der Waals surface area contributed by atoms with Gasteiger partial charge in [0.15, 0.2) is 0 Å². The Morgan fingerprint density at radius 3 is 2.62 bits per heavy atom. The zero-order chi connectivity index (χ0) is 11.6. The van der Waals surface area contributed by atoms with E-state index in [0.717, 1.165) is 31.6 Å². The van der Waals surface area contributed by atoms with E-state index in [1.165, 1.54) is 0 Å². The number of benzene rings is 1. The molecule has 86 valence electrons. The van der Waals surface area contributed by atoms with Gasteiger partial charge < -0.3 is 0 Å². The highest BCUT2D eigenvalue weighted by Gasteiger charge is 2.40. The standard InChI is InChI=1S/C13H17ClNO/c1-11(16)15(9-5-6-12(14)10-15)13-7-3-2-4-8-13/h2-4,7-8,12H,5-6,9-10H2,1H3/q+1. The van der Waals surface area contributed by atoms with Crippen molar-refractivity contribution in [3.8, 4) is 0 Å². The molecule has 16 heavy (non-hydrogen) atoms. The molecule has 0 spiro atoms. The maximum absolute atomic E-state index is 12.0. The Bertz CT molecular complexity index is 379. The van der Waals surface area contributed by atoms with Gasteiger partial charge in [-0.15, -0.1) is 11.6 Å². The maximum Gasteiger partial charge on any atom is 0.315 e. The molecule has 2 unspecified atom stereocenters. The van der Waals surface area contributed by atoms with E-state index >= 15 is 0 Å². The van der Waals surface area contributed by atoms with E-state index < -0.39 is 0 Å². The molecule has 1 aromatic carbocycles. The Kier molecular flexibility index (Phi) is 3.31. The molecule has 0 N–H and O–H groups in total. The van der Waals surface area contributed by atoms with Gasteiger partial charge >= 0.3 is 5.91 Å². The van der Waals surface area contributed by atoms with Crippen LogP contribution in [-0.4, -0.2) is 24.4 Å². The number of likely N-dealkylation sites (tertiary alicyclic amines) is 1. The normalized spacial score (nSPS) is 30.0. The molecule has 0 saturated carbocycles. The van der Waals surface area contributed by atoms with E-state index in [1.54, 1.807) is 6.92 Å². The zero-order valence-electron chi connectivity index (χ0n) is 9.53. The van der Waals surface area contributed by atoms with Gasteiger partial charge in [0.1, 0.15) is 12.2 Å². The van der Waals surface area contributed by atoms with Crippen LogP contribution in [0, 0.1) is 0 Å². The van der Waals surface area contributed by atoms with Crippen molar-refractivity contribution in [1.82, 2.24) is 4.48 Å². The average Bonchev–Trinajstić information content (AvgIpc) is 2.30. The van der Waals surface area contributed by atoms with Crippen molar-refractivity contribution < 1.29 is 4.79 Å². The molecule has 0 aliphatic carbocycles. The molecule has 1 saturated heterocycles. The van der Waals surface area contributed by atoms with Crippen LogP contribution >= 0.6 is 11.6 Å². The summed E-state index contributed by atoms with van der Waals surface area (Å²) in [5.41, 5.74) is 1.07. The summed E-state index contributed by atoms with van der Waals surface area (Å²) in [6.45, 7) is 3.27. The molecular formula is C13H17ClNO+. The van der Waals surface area contributed by atoms with Gasteiger partial charge in [0.05, 0.1) is 18.8 Å². The quantitative estimate of drug-likeness (QED) is 0.543. The summed E-state index contributed by atoms with van der Waals surface area (Å²) in [5, 5.41) is 0.109. The number of para-hydroxylation sites is 1. The third-order valence-electron chi connectivity index (χ3n) is 3.42. The number of piperidine rings is 1. The predicted molar refractivity (Wildman–Crippen MR) is 67.5 cm³/mol. The van der Waals surface area contributed by atoms with E-state index in [9.17, 15) is 4.79 Å². The van der Waals surface area contributed by atoms with Gasteiger partial charge in [-0.3, -0.25) is 0 Å². The molecule has 1 amide bonds. The maximum atomic E-state index is 12.0. The number of carbonyl (C=O) groups is 1. The van der Waals surface area contributed by atoms with Crippen LogP contribution in [0.3, 0.4) is 0 Å². The molecule has 2 atom stereocenters. The minimum absolute atomic E-state index is 0.109. The first-order valence-corrected chi connectivity index (χ1v) is 6.17. The number of rotatable bonds is 1. The molecule has 0 aromatic heterocycles. The lowest BCUT2D eigenvalue weighted by atomic mass is 10.0. The third-order valence-corrected chi connectivity index (χ3v) is 3.78. The molecule has 2 rings (SSSR count). The highest BCUT2D eigenvalue weighted by molar-refractivity contribution is 6.21. The summed E-state index contributed by atoms with van der Waals surface area (Å²) < 4.78 is 0.412. The van der Waals surface area contributed by atoms with E-state index in [0.29, 0.717) is 4.48 Å². The largest absolute Gasteiger partial charge is 0.315 e. The van der Waals surface area contributed by atoms with Gasteiger partial charge in [-0.05, 0) is 25.0 Å². The number of amides is 1.